The standard InChI is InChI=1S/C11H13NO2/c13-11(14)12-8-4-3-6-9-5-1-2-7-10(9)12/h1-5,7,9-10H,6,8H2,(H,13,14). The van der Waals surface area contributed by atoms with E-state index >= 15 is 0 Å². The SMILES string of the molecule is O=C(O)N1CC=CCC2C=CC=CC21. The molecule has 0 saturated carbocycles. The molecule has 2 atom stereocenters. The first kappa shape index (κ1) is 9.06. The van der Waals surface area contributed by atoms with Gasteiger partial charge in [-0.3, -0.25) is 4.90 Å². The Labute approximate surface area is 83.0 Å². The van der Waals surface area contributed by atoms with E-state index in [4.69, 9.17) is 5.11 Å². The molecule has 2 aliphatic rings. The highest BCUT2D eigenvalue weighted by Crippen LogP contribution is 2.24. The average Bonchev–Trinajstić information content (AvgIpc) is 2.39. The van der Waals surface area contributed by atoms with E-state index in [2.05, 4.69) is 12.2 Å². The van der Waals surface area contributed by atoms with Crippen molar-refractivity contribution in [3.05, 3.63) is 36.5 Å². The van der Waals surface area contributed by atoms with Gasteiger partial charge >= 0.3 is 6.09 Å². The minimum Gasteiger partial charge on any atom is -0.465 e. The van der Waals surface area contributed by atoms with Crippen LogP contribution >= 0.6 is 0 Å². The molecule has 0 fully saturated rings. The molecule has 0 radical (unpaired) electrons. The van der Waals surface area contributed by atoms with E-state index in [1.807, 2.05) is 24.3 Å². The van der Waals surface area contributed by atoms with Crippen LogP contribution < -0.4 is 0 Å². The topological polar surface area (TPSA) is 40.5 Å². The van der Waals surface area contributed by atoms with Crippen molar-refractivity contribution in [3.8, 4) is 0 Å². The molecular weight excluding hydrogens is 178 g/mol. The highest BCUT2D eigenvalue weighted by molar-refractivity contribution is 5.66. The quantitative estimate of drug-likeness (QED) is 0.595. The summed E-state index contributed by atoms with van der Waals surface area (Å²) in [6.45, 7) is 0.495. The van der Waals surface area contributed by atoms with Gasteiger partial charge in [0.15, 0.2) is 0 Å². The van der Waals surface area contributed by atoms with Gasteiger partial charge in [0.2, 0.25) is 0 Å². The average molecular weight is 191 g/mol. The number of allylic oxidation sites excluding steroid dienone is 3. The van der Waals surface area contributed by atoms with Crippen molar-refractivity contribution in [2.24, 2.45) is 5.92 Å². The highest BCUT2D eigenvalue weighted by Gasteiger charge is 2.28. The van der Waals surface area contributed by atoms with E-state index in [0.29, 0.717) is 12.5 Å². The fraction of sp³-hybridized carbons (Fsp3) is 0.364. The molecule has 1 amide bonds. The summed E-state index contributed by atoms with van der Waals surface area (Å²) in [6, 6.07) is 0.00694. The summed E-state index contributed by atoms with van der Waals surface area (Å²) in [5, 5.41) is 9.04. The maximum Gasteiger partial charge on any atom is 0.408 e. The van der Waals surface area contributed by atoms with Gasteiger partial charge in [0, 0.05) is 12.5 Å². The fourth-order valence-corrected chi connectivity index (χ4v) is 1.96. The highest BCUT2D eigenvalue weighted by atomic mass is 16.4. The summed E-state index contributed by atoms with van der Waals surface area (Å²) in [5.41, 5.74) is 0. The summed E-state index contributed by atoms with van der Waals surface area (Å²) in [6.07, 6.45) is 12.0. The molecule has 0 aromatic heterocycles. The van der Waals surface area contributed by atoms with Crippen LogP contribution in [-0.2, 0) is 0 Å². The lowest BCUT2D eigenvalue weighted by molar-refractivity contribution is 0.132. The first-order valence-electron chi connectivity index (χ1n) is 4.78. The molecule has 0 aromatic rings. The number of rotatable bonds is 0. The van der Waals surface area contributed by atoms with Crippen LogP contribution in [0.3, 0.4) is 0 Å². The van der Waals surface area contributed by atoms with Gasteiger partial charge in [-0.15, -0.1) is 0 Å². The minimum absolute atomic E-state index is 0.00694. The molecule has 0 saturated heterocycles. The van der Waals surface area contributed by atoms with Gasteiger partial charge < -0.3 is 5.11 Å². The van der Waals surface area contributed by atoms with Crippen molar-refractivity contribution in [1.82, 2.24) is 4.90 Å². The molecule has 0 spiro atoms. The van der Waals surface area contributed by atoms with Crippen LogP contribution in [0, 0.1) is 5.92 Å². The molecule has 1 aliphatic heterocycles. The molecule has 0 aromatic carbocycles. The molecule has 0 bridgehead atoms. The minimum atomic E-state index is -0.841. The maximum absolute atomic E-state index is 11.0. The predicted octanol–water partition coefficient (Wildman–Crippen LogP) is 2.04. The molecule has 2 unspecified atom stereocenters. The molecule has 14 heavy (non-hydrogen) atoms. The Morgan fingerprint density at radius 2 is 2.07 bits per heavy atom. The van der Waals surface area contributed by atoms with E-state index in [1.165, 1.54) is 4.90 Å². The molecule has 74 valence electrons. The van der Waals surface area contributed by atoms with Gasteiger partial charge in [-0.1, -0.05) is 36.5 Å². The zero-order chi connectivity index (χ0) is 9.97. The van der Waals surface area contributed by atoms with Crippen LogP contribution in [0.2, 0.25) is 0 Å². The number of fused-ring (bicyclic) bond motifs is 1. The zero-order valence-electron chi connectivity index (χ0n) is 7.84. The maximum atomic E-state index is 11.0. The summed E-state index contributed by atoms with van der Waals surface area (Å²) in [4.78, 5) is 12.5. The Morgan fingerprint density at radius 3 is 2.86 bits per heavy atom. The van der Waals surface area contributed by atoms with Crippen LogP contribution in [0.15, 0.2) is 36.5 Å². The van der Waals surface area contributed by atoms with Crippen LogP contribution in [0.4, 0.5) is 4.79 Å². The van der Waals surface area contributed by atoms with Gasteiger partial charge in [-0.25, -0.2) is 4.79 Å². The Kier molecular flexibility index (Phi) is 2.39. The molecule has 1 N–H and O–H groups in total. The molecular formula is C11H13NO2. The number of nitrogens with zero attached hydrogens (tertiary/aromatic N) is 1. The lowest BCUT2D eigenvalue weighted by Crippen LogP contribution is -2.42. The Hall–Kier alpha value is -1.51. The lowest BCUT2D eigenvalue weighted by Gasteiger charge is -2.30. The first-order valence-corrected chi connectivity index (χ1v) is 4.78. The van der Waals surface area contributed by atoms with Crippen LogP contribution in [0.5, 0.6) is 0 Å². The van der Waals surface area contributed by atoms with E-state index < -0.39 is 6.09 Å². The molecule has 2 rings (SSSR count). The summed E-state index contributed by atoms with van der Waals surface area (Å²) in [7, 11) is 0. The van der Waals surface area contributed by atoms with Gasteiger partial charge in [-0.2, -0.15) is 0 Å². The number of hydrogen-bond donors (Lipinski definition) is 1. The smallest absolute Gasteiger partial charge is 0.408 e. The van der Waals surface area contributed by atoms with E-state index in [0.717, 1.165) is 6.42 Å². The largest absolute Gasteiger partial charge is 0.465 e. The zero-order valence-corrected chi connectivity index (χ0v) is 7.84. The fourth-order valence-electron chi connectivity index (χ4n) is 1.96. The molecule has 3 nitrogen and oxygen atoms in total. The van der Waals surface area contributed by atoms with Gasteiger partial charge in [-0.05, 0) is 6.42 Å². The third kappa shape index (κ3) is 1.58. The second kappa shape index (κ2) is 3.70. The number of amides is 1. The van der Waals surface area contributed by atoms with Crippen molar-refractivity contribution in [2.45, 2.75) is 12.5 Å². The monoisotopic (exact) mass is 191 g/mol. The van der Waals surface area contributed by atoms with E-state index in [9.17, 15) is 4.79 Å². The summed E-state index contributed by atoms with van der Waals surface area (Å²) < 4.78 is 0. The molecule has 1 heterocycles. The van der Waals surface area contributed by atoms with Crippen molar-refractivity contribution in [1.29, 1.82) is 0 Å². The molecule has 3 heteroatoms. The molecule has 1 aliphatic carbocycles. The predicted molar refractivity (Wildman–Crippen MR) is 54.0 cm³/mol. The van der Waals surface area contributed by atoms with Crippen LogP contribution in [-0.4, -0.2) is 28.7 Å². The van der Waals surface area contributed by atoms with Crippen molar-refractivity contribution >= 4 is 6.09 Å². The first-order chi connectivity index (χ1) is 6.79. The second-order valence-electron chi connectivity index (χ2n) is 3.57. The van der Waals surface area contributed by atoms with Crippen molar-refractivity contribution in [3.63, 3.8) is 0 Å². The third-order valence-corrected chi connectivity index (χ3v) is 2.70. The number of carbonyl (C=O) groups is 1. The van der Waals surface area contributed by atoms with E-state index in [1.54, 1.807) is 0 Å². The van der Waals surface area contributed by atoms with Gasteiger partial charge in [0.25, 0.3) is 0 Å². The number of carboxylic acid groups (broad SMARTS) is 1. The van der Waals surface area contributed by atoms with E-state index in [-0.39, 0.29) is 6.04 Å². The Morgan fingerprint density at radius 1 is 1.29 bits per heavy atom. The van der Waals surface area contributed by atoms with Gasteiger partial charge in [0.05, 0.1) is 6.04 Å². The van der Waals surface area contributed by atoms with Crippen LogP contribution in [0.25, 0.3) is 0 Å². The normalized spacial score (nSPS) is 29.9. The number of hydrogen-bond acceptors (Lipinski definition) is 1. The van der Waals surface area contributed by atoms with Crippen LogP contribution in [0.1, 0.15) is 6.42 Å². The van der Waals surface area contributed by atoms with Crippen molar-refractivity contribution < 1.29 is 9.90 Å². The third-order valence-electron chi connectivity index (χ3n) is 2.70. The second-order valence-corrected chi connectivity index (χ2v) is 3.57. The van der Waals surface area contributed by atoms with Gasteiger partial charge in [0.1, 0.15) is 0 Å². The van der Waals surface area contributed by atoms with Crippen molar-refractivity contribution in [2.75, 3.05) is 6.54 Å². The Balaban J connectivity index is 2.25. The Bertz CT molecular complexity index is 317. The summed E-state index contributed by atoms with van der Waals surface area (Å²) in [5.74, 6) is 0.301. The lowest BCUT2D eigenvalue weighted by atomic mass is 9.92. The summed E-state index contributed by atoms with van der Waals surface area (Å²) >= 11 is 0.